The van der Waals surface area contributed by atoms with E-state index in [0.717, 1.165) is 44.1 Å². The van der Waals surface area contributed by atoms with E-state index in [2.05, 4.69) is 65.0 Å². The third kappa shape index (κ3) is 7.79. The van der Waals surface area contributed by atoms with Gasteiger partial charge in [0.1, 0.15) is 6.61 Å². The SMILES string of the molecule is C=CCCCC/C=C(/C(=O)OCCBr)C1CCCCC1C=Cc1ccccc1. The third-order valence-electron chi connectivity index (χ3n) is 5.33. The van der Waals surface area contributed by atoms with Gasteiger partial charge in [-0.15, -0.1) is 6.58 Å². The molecule has 0 N–H and O–H groups in total. The molecule has 2 unspecified atom stereocenters. The van der Waals surface area contributed by atoms with Gasteiger partial charge in [0.15, 0.2) is 0 Å². The summed E-state index contributed by atoms with van der Waals surface area (Å²) in [6, 6.07) is 10.4. The number of carbonyl (C=O) groups excluding carboxylic acids is 1. The number of hydrogen-bond acceptors (Lipinski definition) is 2. The number of esters is 1. The second-order valence-electron chi connectivity index (χ2n) is 7.38. The van der Waals surface area contributed by atoms with Crippen LogP contribution in [0.15, 0.2) is 60.7 Å². The minimum Gasteiger partial charge on any atom is -0.461 e. The van der Waals surface area contributed by atoms with Crippen LogP contribution in [0.1, 0.15) is 56.9 Å². The highest BCUT2D eigenvalue weighted by Crippen LogP contribution is 2.37. The second-order valence-corrected chi connectivity index (χ2v) is 8.18. The molecule has 2 atom stereocenters. The fourth-order valence-electron chi connectivity index (χ4n) is 3.87. The first-order valence-corrected chi connectivity index (χ1v) is 11.7. The van der Waals surface area contributed by atoms with Crippen LogP contribution in [0.5, 0.6) is 0 Å². The van der Waals surface area contributed by atoms with Crippen molar-refractivity contribution in [3.63, 3.8) is 0 Å². The summed E-state index contributed by atoms with van der Waals surface area (Å²) in [5.74, 6) is 0.522. The van der Waals surface area contributed by atoms with Crippen molar-refractivity contribution in [1.29, 1.82) is 0 Å². The Morgan fingerprint density at radius 3 is 2.64 bits per heavy atom. The van der Waals surface area contributed by atoms with Crippen molar-refractivity contribution < 1.29 is 9.53 Å². The van der Waals surface area contributed by atoms with E-state index in [4.69, 9.17) is 4.74 Å². The molecule has 0 aromatic heterocycles. The van der Waals surface area contributed by atoms with Crippen molar-refractivity contribution in [2.45, 2.75) is 51.4 Å². The van der Waals surface area contributed by atoms with Crippen LogP contribution in [0, 0.1) is 11.8 Å². The minimum atomic E-state index is -0.131. The summed E-state index contributed by atoms with van der Waals surface area (Å²) in [6.07, 6.45) is 17.4. The molecule has 3 heteroatoms. The summed E-state index contributed by atoms with van der Waals surface area (Å²) in [5, 5.41) is 0.674. The lowest BCUT2D eigenvalue weighted by atomic mass is 9.74. The Balaban J connectivity index is 2.13. The molecule has 28 heavy (non-hydrogen) atoms. The lowest BCUT2D eigenvalue weighted by molar-refractivity contribution is -0.139. The molecule has 152 valence electrons. The summed E-state index contributed by atoms with van der Waals surface area (Å²) in [7, 11) is 0. The van der Waals surface area contributed by atoms with Crippen LogP contribution in [0.2, 0.25) is 0 Å². The normalized spacial score (nSPS) is 20.2. The number of unbranched alkanes of at least 4 members (excludes halogenated alkanes) is 3. The Morgan fingerprint density at radius 2 is 1.89 bits per heavy atom. The van der Waals surface area contributed by atoms with Gasteiger partial charge in [-0.05, 0) is 55.9 Å². The Morgan fingerprint density at radius 1 is 1.14 bits per heavy atom. The van der Waals surface area contributed by atoms with Gasteiger partial charge in [-0.2, -0.15) is 0 Å². The largest absolute Gasteiger partial charge is 0.461 e. The van der Waals surface area contributed by atoms with Crippen molar-refractivity contribution in [3.05, 3.63) is 66.3 Å². The van der Waals surface area contributed by atoms with Crippen LogP contribution in [0.3, 0.4) is 0 Å². The molecular weight excluding hydrogens is 412 g/mol. The summed E-state index contributed by atoms with van der Waals surface area (Å²) in [6.45, 7) is 4.20. The Bertz CT molecular complexity index is 648. The topological polar surface area (TPSA) is 26.3 Å². The van der Waals surface area contributed by atoms with Crippen LogP contribution in [0.4, 0.5) is 0 Å². The number of carbonyl (C=O) groups is 1. The predicted molar refractivity (Wildman–Crippen MR) is 122 cm³/mol. The maximum Gasteiger partial charge on any atom is 0.334 e. The van der Waals surface area contributed by atoms with Crippen LogP contribution >= 0.6 is 15.9 Å². The van der Waals surface area contributed by atoms with E-state index in [-0.39, 0.29) is 11.9 Å². The van der Waals surface area contributed by atoms with Gasteiger partial charge < -0.3 is 4.74 Å². The van der Waals surface area contributed by atoms with E-state index in [9.17, 15) is 4.79 Å². The van der Waals surface area contributed by atoms with Gasteiger partial charge in [-0.3, -0.25) is 0 Å². The van der Waals surface area contributed by atoms with E-state index in [1.165, 1.54) is 18.4 Å². The van der Waals surface area contributed by atoms with Gasteiger partial charge >= 0.3 is 5.97 Å². The van der Waals surface area contributed by atoms with Gasteiger partial charge in [0.2, 0.25) is 0 Å². The fourth-order valence-corrected chi connectivity index (χ4v) is 4.03. The zero-order valence-electron chi connectivity index (χ0n) is 16.8. The minimum absolute atomic E-state index is 0.131. The summed E-state index contributed by atoms with van der Waals surface area (Å²) in [5.41, 5.74) is 2.10. The average Bonchev–Trinajstić information content (AvgIpc) is 2.74. The van der Waals surface area contributed by atoms with E-state index in [1.54, 1.807) is 0 Å². The number of alkyl halides is 1. The second kappa shape index (κ2) is 13.5. The van der Waals surface area contributed by atoms with Crippen LogP contribution in [-0.2, 0) is 9.53 Å². The Hall–Kier alpha value is -1.61. The average molecular weight is 445 g/mol. The molecule has 0 bridgehead atoms. The smallest absolute Gasteiger partial charge is 0.334 e. The monoisotopic (exact) mass is 444 g/mol. The Labute approximate surface area is 178 Å². The summed E-state index contributed by atoms with van der Waals surface area (Å²) < 4.78 is 5.50. The first-order valence-electron chi connectivity index (χ1n) is 10.5. The molecule has 1 aromatic rings. The molecule has 0 heterocycles. The molecule has 1 saturated carbocycles. The van der Waals surface area contributed by atoms with Crippen LogP contribution < -0.4 is 0 Å². The van der Waals surface area contributed by atoms with Crippen molar-refractivity contribution >= 4 is 28.0 Å². The lowest BCUT2D eigenvalue weighted by Crippen LogP contribution is -2.25. The molecule has 0 amide bonds. The summed E-state index contributed by atoms with van der Waals surface area (Å²) in [4.78, 5) is 12.8. The number of allylic oxidation sites excluding steroid dienone is 3. The molecule has 2 nitrogen and oxygen atoms in total. The highest BCUT2D eigenvalue weighted by Gasteiger charge is 2.30. The molecule has 1 aromatic carbocycles. The van der Waals surface area contributed by atoms with Gasteiger partial charge in [0, 0.05) is 10.9 Å². The van der Waals surface area contributed by atoms with Crippen molar-refractivity contribution in [2.75, 3.05) is 11.9 Å². The fraction of sp³-hybridized carbons (Fsp3) is 0.480. The number of ether oxygens (including phenoxy) is 1. The molecule has 1 aliphatic rings. The molecule has 0 aliphatic heterocycles. The number of rotatable bonds is 11. The van der Waals surface area contributed by atoms with Gasteiger partial charge in [-0.1, -0.05) is 83.4 Å². The lowest BCUT2D eigenvalue weighted by Gasteiger charge is -2.31. The van der Waals surface area contributed by atoms with Crippen molar-refractivity contribution in [3.8, 4) is 0 Å². The molecule has 0 saturated heterocycles. The van der Waals surface area contributed by atoms with Gasteiger partial charge in [-0.25, -0.2) is 4.79 Å². The zero-order chi connectivity index (χ0) is 20.0. The predicted octanol–water partition coefficient (Wildman–Crippen LogP) is 7.12. The molecule has 0 radical (unpaired) electrons. The van der Waals surface area contributed by atoms with E-state index >= 15 is 0 Å². The quantitative estimate of drug-likeness (QED) is 0.119. The van der Waals surface area contributed by atoms with Crippen LogP contribution in [0.25, 0.3) is 6.08 Å². The number of benzene rings is 1. The molecule has 2 rings (SSSR count). The standard InChI is InChI=1S/C25H33BrO2/c1-2-3-4-5-9-16-24(25(27)28-20-19-26)23-15-11-10-14-22(23)18-17-21-12-7-6-8-13-21/h2,6-8,12-13,16-18,22-23H,1,3-5,9-11,14-15,19-20H2/b18-17?,24-16+. The first-order chi connectivity index (χ1) is 13.8. The maximum absolute atomic E-state index is 12.8. The van der Waals surface area contributed by atoms with E-state index in [1.807, 2.05) is 12.1 Å². The Kier molecular flexibility index (Phi) is 11.0. The summed E-state index contributed by atoms with van der Waals surface area (Å²) >= 11 is 3.35. The number of hydrogen-bond donors (Lipinski definition) is 0. The van der Waals surface area contributed by atoms with Crippen LogP contribution in [-0.4, -0.2) is 17.9 Å². The van der Waals surface area contributed by atoms with E-state index in [0.29, 0.717) is 17.9 Å². The highest BCUT2D eigenvalue weighted by molar-refractivity contribution is 9.09. The van der Waals surface area contributed by atoms with E-state index < -0.39 is 0 Å². The highest BCUT2D eigenvalue weighted by atomic mass is 79.9. The first kappa shape index (κ1) is 22.7. The third-order valence-corrected chi connectivity index (χ3v) is 5.65. The van der Waals surface area contributed by atoms with Crippen molar-refractivity contribution in [2.24, 2.45) is 11.8 Å². The van der Waals surface area contributed by atoms with Gasteiger partial charge in [0.25, 0.3) is 0 Å². The molecule has 0 spiro atoms. The number of halogens is 1. The zero-order valence-corrected chi connectivity index (χ0v) is 18.4. The molecular formula is C25H33BrO2. The molecule has 1 aliphatic carbocycles. The van der Waals surface area contributed by atoms with Gasteiger partial charge in [0.05, 0.1) is 0 Å². The maximum atomic E-state index is 12.8. The van der Waals surface area contributed by atoms with Crippen molar-refractivity contribution in [1.82, 2.24) is 0 Å². The molecule has 1 fully saturated rings.